The topological polar surface area (TPSA) is 101 Å². The standard InChI is InChI=1S/C15H17N5/c16-14(17)11-7-8-13(20-15(11)18)19-12-6-2-4-9-3-1-5-10(9)12/h2,4,6-8H,1,3,5H2,(H3,16,17)(H3,18,19,20). The lowest BCUT2D eigenvalue weighted by molar-refractivity contribution is 0.912. The average molecular weight is 267 g/mol. The number of anilines is 3. The van der Waals surface area contributed by atoms with E-state index in [0.29, 0.717) is 11.4 Å². The normalized spacial score (nSPS) is 13.0. The summed E-state index contributed by atoms with van der Waals surface area (Å²) in [5.74, 6) is 0.880. The zero-order chi connectivity index (χ0) is 14.1. The van der Waals surface area contributed by atoms with Crippen LogP contribution in [0.4, 0.5) is 17.3 Å². The van der Waals surface area contributed by atoms with E-state index in [1.54, 1.807) is 12.1 Å². The van der Waals surface area contributed by atoms with Gasteiger partial charge in [-0.3, -0.25) is 5.41 Å². The number of aromatic nitrogens is 1. The minimum atomic E-state index is -0.0675. The van der Waals surface area contributed by atoms with Gasteiger partial charge in [-0.2, -0.15) is 0 Å². The van der Waals surface area contributed by atoms with E-state index in [2.05, 4.69) is 28.5 Å². The molecule has 1 aromatic heterocycles. The second-order valence-corrected chi connectivity index (χ2v) is 4.96. The summed E-state index contributed by atoms with van der Waals surface area (Å²) in [6, 6.07) is 9.80. The number of pyridine rings is 1. The van der Waals surface area contributed by atoms with Crippen molar-refractivity contribution in [1.82, 2.24) is 4.98 Å². The molecule has 5 heteroatoms. The number of amidine groups is 1. The Bertz CT molecular complexity index is 678. The van der Waals surface area contributed by atoms with E-state index in [1.165, 1.54) is 17.5 Å². The largest absolute Gasteiger partial charge is 0.384 e. The maximum atomic E-state index is 7.41. The molecule has 102 valence electrons. The van der Waals surface area contributed by atoms with Gasteiger partial charge in [0.15, 0.2) is 0 Å². The summed E-state index contributed by atoms with van der Waals surface area (Å²) in [6.07, 6.45) is 3.44. The van der Waals surface area contributed by atoms with Crippen molar-refractivity contribution in [2.75, 3.05) is 11.1 Å². The molecular formula is C15H17N5. The fourth-order valence-corrected chi connectivity index (χ4v) is 2.65. The number of benzene rings is 1. The predicted octanol–water partition coefficient (Wildman–Crippen LogP) is 2.18. The van der Waals surface area contributed by atoms with Crippen LogP contribution in [0.25, 0.3) is 0 Å². The molecule has 0 aliphatic heterocycles. The van der Waals surface area contributed by atoms with Gasteiger partial charge in [-0.15, -0.1) is 0 Å². The Labute approximate surface area is 117 Å². The molecule has 1 aliphatic carbocycles. The van der Waals surface area contributed by atoms with Crippen LogP contribution in [-0.2, 0) is 12.8 Å². The van der Waals surface area contributed by atoms with Gasteiger partial charge in [0.1, 0.15) is 17.5 Å². The Hall–Kier alpha value is -2.56. The fraction of sp³-hybridized carbons (Fsp3) is 0.200. The molecule has 0 unspecified atom stereocenters. The molecule has 3 rings (SSSR count). The molecule has 0 spiro atoms. The predicted molar refractivity (Wildman–Crippen MR) is 81.4 cm³/mol. The molecule has 1 heterocycles. The maximum Gasteiger partial charge on any atom is 0.136 e. The van der Waals surface area contributed by atoms with Gasteiger partial charge in [0.25, 0.3) is 0 Å². The Morgan fingerprint density at radius 3 is 2.80 bits per heavy atom. The molecule has 0 atom stereocenters. The smallest absolute Gasteiger partial charge is 0.136 e. The Balaban J connectivity index is 1.91. The van der Waals surface area contributed by atoms with Crippen molar-refractivity contribution in [2.24, 2.45) is 5.73 Å². The highest BCUT2D eigenvalue weighted by Crippen LogP contribution is 2.30. The van der Waals surface area contributed by atoms with Crippen molar-refractivity contribution in [3.63, 3.8) is 0 Å². The number of aryl methyl sites for hydroxylation is 1. The highest BCUT2D eigenvalue weighted by Gasteiger charge is 2.14. The zero-order valence-electron chi connectivity index (χ0n) is 11.1. The first-order chi connectivity index (χ1) is 9.65. The average Bonchev–Trinajstić information content (AvgIpc) is 2.87. The van der Waals surface area contributed by atoms with Gasteiger partial charge in [-0.05, 0) is 48.6 Å². The second kappa shape index (κ2) is 4.85. The van der Waals surface area contributed by atoms with Gasteiger partial charge in [-0.25, -0.2) is 4.98 Å². The molecule has 0 radical (unpaired) electrons. The van der Waals surface area contributed by atoms with Gasteiger partial charge in [0.2, 0.25) is 0 Å². The molecule has 0 fully saturated rings. The first kappa shape index (κ1) is 12.5. The summed E-state index contributed by atoms with van der Waals surface area (Å²) < 4.78 is 0. The number of nitrogens with two attached hydrogens (primary N) is 2. The Kier molecular flexibility index (Phi) is 3.02. The van der Waals surface area contributed by atoms with E-state index in [-0.39, 0.29) is 11.7 Å². The number of hydrogen-bond donors (Lipinski definition) is 4. The van der Waals surface area contributed by atoms with Crippen LogP contribution >= 0.6 is 0 Å². The lowest BCUT2D eigenvalue weighted by Crippen LogP contribution is -2.14. The summed E-state index contributed by atoms with van der Waals surface area (Å²) in [4.78, 5) is 4.26. The van der Waals surface area contributed by atoms with Crippen LogP contribution in [0.2, 0.25) is 0 Å². The molecule has 0 amide bonds. The molecule has 20 heavy (non-hydrogen) atoms. The number of nitrogens with one attached hydrogen (secondary N) is 2. The number of nitrogen functional groups attached to an aromatic ring is 2. The third-order valence-corrected chi connectivity index (χ3v) is 3.62. The van der Waals surface area contributed by atoms with Gasteiger partial charge < -0.3 is 16.8 Å². The van der Waals surface area contributed by atoms with Crippen LogP contribution in [0.15, 0.2) is 30.3 Å². The molecular weight excluding hydrogens is 250 g/mol. The van der Waals surface area contributed by atoms with E-state index in [4.69, 9.17) is 16.9 Å². The van der Waals surface area contributed by atoms with Crippen molar-refractivity contribution < 1.29 is 0 Å². The summed E-state index contributed by atoms with van der Waals surface area (Å²) in [5, 5.41) is 10.7. The number of rotatable bonds is 3. The van der Waals surface area contributed by atoms with Gasteiger partial charge in [-0.1, -0.05) is 12.1 Å². The second-order valence-electron chi connectivity index (χ2n) is 4.96. The summed E-state index contributed by atoms with van der Waals surface area (Å²) in [7, 11) is 0. The van der Waals surface area contributed by atoms with Crippen molar-refractivity contribution in [3.8, 4) is 0 Å². The molecule has 6 N–H and O–H groups in total. The number of nitrogens with zero attached hydrogens (tertiary/aromatic N) is 1. The summed E-state index contributed by atoms with van der Waals surface area (Å²) >= 11 is 0. The van der Waals surface area contributed by atoms with Crippen molar-refractivity contribution in [1.29, 1.82) is 5.41 Å². The first-order valence-corrected chi connectivity index (χ1v) is 6.64. The molecule has 0 saturated heterocycles. The Morgan fingerprint density at radius 2 is 2.05 bits per heavy atom. The zero-order valence-corrected chi connectivity index (χ0v) is 11.1. The Morgan fingerprint density at radius 1 is 1.20 bits per heavy atom. The maximum absolute atomic E-state index is 7.41. The van der Waals surface area contributed by atoms with Gasteiger partial charge in [0.05, 0.1) is 5.56 Å². The van der Waals surface area contributed by atoms with Crippen molar-refractivity contribution in [3.05, 3.63) is 47.0 Å². The van der Waals surface area contributed by atoms with E-state index in [9.17, 15) is 0 Å². The summed E-state index contributed by atoms with van der Waals surface area (Å²) in [6.45, 7) is 0. The lowest BCUT2D eigenvalue weighted by Gasteiger charge is -2.12. The van der Waals surface area contributed by atoms with E-state index < -0.39 is 0 Å². The molecule has 1 aliphatic rings. The van der Waals surface area contributed by atoms with Crippen molar-refractivity contribution in [2.45, 2.75) is 19.3 Å². The van der Waals surface area contributed by atoms with Crippen LogP contribution in [0.3, 0.4) is 0 Å². The molecule has 2 aromatic rings. The monoisotopic (exact) mass is 267 g/mol. The van der Waals surface area contributed by atoms with Crippen LogP contribution in [0.1, 0.15) is 23.1 Å². The van der Waals surface area contributed by atoms with Gasteiger partial charge >= 0.3 is 0 Å². The SMILES string of the molecule is N=C(N)c1ccc(Nc2cccc3c2CCC3)nc1N. The highest BCUT2D eigenvalue weighted by atomic mass is 15.0. The van der Waals surface area contributed by atoms with E-state index in [0.717, 1.165) is 18.5 Å². The quantitative estimate of drug-likeness (QED) is 0.505. The first-order valence-electron chi connectivity index (χ1n) is 6.64. The minimum Gasteiger partial charge on any atom is -0.384 e. The van der Waals surface area contributed by atoms with Crippen LogP contribution in [0, 0.1) is 5.41 Å². The van der Waals surface area contributed by atoms with E-state index in [1.807, 2.05) is 0 Å². The summed E-state index contributed by atoms with van der Waals surface area (Å²) in [5.41, 5.74) is 15.6. The van der Waals surface area contributed by atoms with Crippen LogP contribution in [0.5, 0.6) is 0 Å². The van der Waals surface area contributed by atoms with Crippen LogP contribution < -0.4 is 16.8 Å². The number of fused-ring (bicyclic) bond motifs is 1. The third kappa shape index (κ3) is 2.18. The third-order valence-electron chi connectivity index (χ3n) is 3.62. The number of hydrogen-bond acceptors (Lipinski definition) is 4. The molecule has 0 bridgehead atoms. The van der Waals surface area contributed by atoms with Crippen LogP contribution in [-0.4, -0.2) is 10.8 Å². The highest BCUT2D eigenvalue weighted by molar-refractivity contribution is 5.99. The molecule has 5 nitrogen and oxygen atoms in total. The fourth-order valence-electron chi connectivity index (χ4n) is 2.65. The van der Waals surface area contributed by atoms with E-state index >= 15 is 0 Å². The molecule has 1 aromatic carbocycles. The molecule has 0 saturated carbocycles. The minimum absolute atomic E-state index is 0.0675. The lowest BCUT2D eigenvalue weighted by atomic mass is 10.1. The van der Waals surface area contributed by atoms with Crippen molar-refractivity contribution >= 4 is 23.2 Å². The van der Waals surface area contributed by atoms with Gasteiger partial charge in [0, 0.05) is 5.69 Å².